The number of primary amides is 1. The molecule has 0 aliphatic carbocycles. The molecule has 11 heteroatoms. The van der Waals surface area contributed by atoms with Gasteiger partial charge in [0.05, 0.1) is 16.3 Å². The van der Waals surface area contributed by atoms with E-state index in [0.29, 0.717) is 22.1 Å². The van der Waals surface area contributed by atoms with Crippen molar-refractivity contribution in [3.05, 3.63) is 47.0 Å². The second-order valence-corrected chi connectivity index (χ2v) is 6.15. The lowest BCUT2D eigenvalue weighted by atomic mass is 10.1. The predicted octanol–water partition coefficient (Wildman–Crippen LogP) is 3.38. The Morgan fingerprint density at radius 1 is 1.21 bits per heavy atom. The molecule has 0 spiro atoms. The Kier molecular flexibility index (Phi) is 4.90. The van der Waals surface area contributed by atoms with Crippen LogP contribution < -0.4 is 16.2 Å². The molecule has 0 atom stereocenters. The average Bonchev–Trinajstić information content (AvgIpc) is 2.97. The Hall–Kier alpha value is -3.27. The Labute approximate surface area is 161 Å². The summed E-state index contributed by atoms with van der Waals surface area (Å²) in [7, 11) is 1.58. The van der Waals surface area contributed by atoms with Crippen LogP contribution in [0.4, 0.5) is 18.9 Å². The van der Waals surface area contributed by atoms with Crippen LogP contribution in [0.2, 0.25) is 5.02 Å². The lowest BCUT2D eigenvalue weighted by Crippen LogP contribution is -2.18. The zero-order valence-corrected chi connectivity index (χ0v) is 15.0. The van der Waals surface area contributed by atoms with Crippen LogP contribution >= 0.6 is 11.6 Å². The molecule has 0 aliphatic rings. The number of hydrogen-bond donors (Lipinski definition) is 2. The van der Waals surface area contributed by atoms with E-state index in [9.17, 15) is 18.0 Å². The third-order valence-electron chi connectivity index (χ3n) is 3.75. The van der Waals surface area contributed by atoms with Crippen molar-refractivity contribution >= 4 is 23.2 Å². The molecule has 1 amide bonds. The van der Waals surface area contributed by atoms with Crippen molar-refractivity contribution in [2.75, 3.05) is 5.73 Å². The molecular formula is C17H13ClF3N5O2. The number of carbonyl (C=O) groups is 1. The van der Waals surface area contributed by atoms with E-state index in [-0.39, 0.29) is 17.0 Å². The smallest absolute Gasteiger partial charge is 0.406 e. The number of aromatic nitrogens is 3. The minimum atomic E-state index is -4.89. The molecule has 28 heavy (non-hydrogen) atoms. The summed E-state index contributed by atoms with van der Waals surface area (Å²) in [4.78, 5) is 16.0. The summed E-state index contributed by atoms with van der Waals surface area (Å²) in [5.74, 6) is -1.03. The number of ether oxygens (including phenoxy) is 1. The van der Waals surface area contributed by atoms with Crippen molar-refractivity contribution in [2.24, 2.45) is 12.8 Å². The van der Waals surface area contributed by atoms with E-state index < -0.39 is 18.0 Å². The van der Waals surface area contributed by atoms with Gasteiger partial charge in [-0.3, -0.25) is 4.79 Å². The van der Waals surface area contributed by atoms with Crippen LogP contribution in [0.5, 0.6) is 5.75 Å². The number of hydrogen-bond acceptors (Lipinski definition) is 5. The molecule has 1 heterocycles. The fraction of sp³-hybridized carbons (Fsp3) is 0.118. The van der Waals surface area contributed by atoms with E-state index in [2.05, 4.69) is 14.8 Å². The van der Waals surface area contributed by atoms with E-state index in [0.717, 1.165) is 18.2 Å². The minimum absolute atomic E-state index is 0.00218. The van der Waals surface area contributed by atoms with Gasteiger partial charge in [0, 0.05) is 18.2 Å². The molecule has 4 N–H and O–H groups in total. The van der Waals surface area contributed by atoms with Crippen LogP contribution in [0.25, 0.3) is 22.8 Å². The molecule has 3 rings (SSSR count). The molecule has 0 unspecified atom stereocenters. The summed E-state index contributed by atoms with van der Waals surface area (Å²) in [6.07, 6.45) is -4.89. The predicted molar refractivity (Wildman–Crippen MR) is 96.5 cm³/mol. The molecule has 2 aromatic carbocycles. The SMILES string of the molecule is Cn1nc(-c2cc(OC(F)(F)F)ccc2C(N)=O)nc1-c1ccc(N)c(Cl)c1. The van der Waals surface area contributed by atoms with Gasteiger partial charge in [-0.25, -0.2) is 9.67 Å². The quantitative estimate of drug-likeness (QED) is 0.639. The first-order valence-corrected chi connectivity index (χ1v) is 8.09. The first kappa shape index (κ1) is 19.5. The molecule has 0 saturated carbocycles. The fourth-order valence-electron chi connectivity index (χ4n) is 2.54. The summed E-state index contributed by atoms with van der Waals surface area (Å²) in [6.45, 7) is 0. The summed E-state index contributed by atoms with van der Waals surface area (Å²) < 4.78 is 42.9. The highest BCUT2D eigenvalue weighted by Crippen LogP contribution is 2.32. The number of amides is 1. The fourth-order valence-corrected chi connectivity index (χ4v) is 2.72. The van der Waals surface area contributed by atoms with E-state index >= 15 is 0 Å². The zero-order valence-electron chi connectivity index (χ0n) is 14.3. The van der Waals surface area contributed by atoms with E-state index in [4.69, 9.17) is 23.1 Å². The second-order valence-electron chi connectivity index (χ2n) is 5.74. The van der Waals surface area contributed by atoms with E-state index in [1.807, 2.05) is 0 Å². The summed E-state index contributed by atoms with van der Waals surface area (Å²) in [6, 6.07) is 7.92. The van der Waals surface area contributed by atoms with Crippen molar-refractivity contribution in [2.45, 2.75) is 6.36 Å². The molecule has 146 valence electrons. The third kappa shape index (κ3) is 4.01. The van der Waals surface area contributed by atoms with Crippen molar-refractivity contribution < 1.29 is 22.7 Å². The third-order valence-corrected chi connectivity index (χ3v) is 4.08. The Bertz CT molecular complexity index is 1070. The van der Waals surface area contributed by atoms with Crippen molar-refractivity contribution in [1.29, 1.82) is 0 Å². The first-order chi connectivity index (χ1) is 13.0. The normalized spacial score (nSPS) is 11.5. The number of carbonyl (C=O) groups excluding carboxylic acids is 1. The highest BCUT2D eigenvalue weighted by atomic mass is 35.5. The number of halogens is 4. The van der Waals surface area contributed by atoms with Crippen LogP contribution in [0.3, 0.4) is 0 Å². The Balaban J connectivity index is 2.11. The maximum absolute atomic E-state index is 12.5. The summed E-state index contributed by atoms with van der Waals surface area (Å²) >= 11 is 6.02. The maximum atomic E-state index is 12.5. The van der Waals surface area contributed by atoms with Gasteiger partial charge in [-0.2, -0.15) is 5.10 Å². The van der Waals surface area contributed by atoms with Gasteiger partial charge < -0.3 is 16.2 Å². The van der Waals surface area contributed by atoms with Gasteiger partial charge in [0.2, 0.25) is 5.91 Å². The van der Waals surface area contributed by atoms with Crippen LogP contribution in [0, 0.1) is 0 Å². The second kappa shape index (κ2) is 7.04. The molecular weight excluding hydrogens is 399 g/mol. The number of benzene rings is 2. The molecule has 0 saturated heterocycles. The first-order valence-electron chi connectivity index (χ1n) is 7.71. The molecule has 0 aliphatic heterocycles. The number of aryl methyl sites for hydroxylation is 1. The Morgan fingerprint density at radius 2 is 1.93 bits per heavy atom. The number of nitrogens with zero attached hydrogens (tertiary/aromatic N) is 3. The van der Waals surface area contributed by atoms with Gasteiger partial charge in [0.15, 0.2) is 11.6 Å². The average molecular weight is 412 g/mol. The van der Waals surface area contributed by atoms with Crippen LogP contribution in [0.1, 0.15) is 10.4 Å². The lowest BCUT2D eigenvalue weighted by Gasteiger charge is -2.11. The minimum Gasteiger partial charge on any atom is -0.406 e. The largest absolute Gasteiger partial charge is 0.573 e. The van der Waals surface area contributed by atoms with Gasteiger partial charge in [0.25, 0.3) is 0 Å². The number of rotatable bonds is 4. The summed E-state index contributed by atoms with van der Waals surface area (Å²) in [5.41, 5.74) is 11.9. The van der Waals surface area contributed by atoms with E-state index in [1.54, 1.807) is 25.2 Å². The van der Waals surface area contributed by atoms with Crippen molar-refractivity contribution in [1.82, 2.24) is 14.8 Å². The van der Waals surface area contributed by atoms with E-state index in [1.165, 1.54) is 4.68 Å². The zero-order chi connectivity index (χ0) is 20.6. The van der Waals surface area contributed by atoms with Crippen molar-refractivity contribution in [3.8, 4) is 28.5 Å². The van der Waals surface area contributed by atoms with Crippen LogP contribution in [0.15, 0.2) is 36.4 Å². The van der Waals surface area contributed by atoms with Gasteiger partial charge in [-0.05, 0) is 36.4 Å². The maximum Gasteiger partial charge on any atom is 0.573 e. The van der Waals surface area contributed by atoms with Gasteiger partial charge in [-0.1, -0.05) is 11.6 Å². The highest BCUT2D eigenvalue weighted by molar-refractivity contribution is 6.33. The van der Waals surface area contributed by atoms with Crippen LogP contribution in [-0.4, -0.2) is 27.0 Å². The number of nitrogen functional groups attached to an aromatic ring is 1. The Morgan fingerprint density at radius 3 is 2.54 bits per heavy atom. The number of alkyl halides is 3. The number of anilines is 1. The van der Waals surface area contributed by atoms with Crippen LogP contribution in [-0.2, 0) is 7.05 Å². The van der Waals surface area contributed by atoms with Gasteiger partial charge in [0.1, 0.15) is 5.75 Å². The van der Waals surface area contributed by atoms with Gasteiger partial charge in [-0.15, -0.1) is 13.2 Å². The molecule has 3 aromatic rings. The number of nitrogens with two attached hydrogens (primary N) is 2. The lowest BCUT2D eigenvalue weighted by molar-refractivity contribution is -0.274. The molecule has 7 nitrogen and oxygen atoms in total. The van der Waals surface area contributed by atoms with Crippen molar-refractivity contribution in [3.63, 3.8) is 0 Å². The van der Waals surface area contributed by atoms with Gasteiger partial charge >= 0.3 is 6.36 Å². The highest BCUT2D eigenvalue weighted by Gasteiger charge is 2.31. The molecule has 1 aromatic heterocycles. The summed E-state index contributed by atoms with van der Waals surface area (Å²) in [5, 5.41) is 4.48. The molecule has 0 bridgehead atoms. The topological polar surface area (TPSA) is 109 Å². The molecule has 0 radical (unpaired) electrons. The standard InChI is InChI=1S/C17H13ClF3N5O2/c1-26-16(8-2-5-13(22)12(18)6-8)24-15(25-26)11-7-9(28-17(19,20)21)3-4-10(11)14(23)27/h2-7H,22H2,1H3,(H2,23,27). The molecule has 0 fully saturated rings. The monoisotopic (exact) mass is 411 g/mol.